The average Bonchev–Trinajstić information content (AvgIpc) is 2.72. The number of piperidine rings is 1. The zero-order valence-electron chi connectivity index (χ0n) is 11.1. The molecule has 2 unspecified atom stereocenters. The van der Waals surface area contributed by atoms with Crippen molar-refractivity contribution in [3.05, 3.63) is 35.5 Å². The van der Waals surface area contributed by atoms with Crippen LogP contribution in [-0.2, 0) is 4.79 Å². The molecule has 2 aromatic rings. The third kappa shape index (κ3) is 1.73. The maximum absolute atomic E-state index is 11.8. The highest BCUT2D eigenvalue weighted by Crippen LogP contribution is 2.41. The number of halogens is 1. The van der Waals surface area contributed by atoms with Crippen LogP contribution < -0.4 is 4.90 Å². The Morgan fingerprint density at radius 1 is 1.15 bits per heavy atom. The predicted octanol–water partition coefficient (Wildman–Crippen LogP) is 3.59. The molecule has 2 aliphatic rings. The van der Waals surface area contributed by atoms with E-state index in [1.165, 1.54) is 0 Å². The fourth-order valence-electron chi connectivity index (χ4n) is 3.70. The standard InChI is InChI=1S/C16H15ClN2O/c17-14-5-6-15(16-13(14)2-1-7-18-16)19-10-3-4-11(19)9-12(20)8-10/h1-2,5-7,10-11H,3-4,8-9H2. The minimum atomic E-state index is 0.340. The maximum atomic E-state index is 11.8. The molecule has 0 spiro atoms. The molecule has 0 amide bonds. The molecule has 0 N–H and O–H groups in total. The number of Topliss-reactive ketones (excluding diaryl/α,β-unsaturated/α-hetero) is 1. The summed E-state index contributed by atoms with van der Waals surface area (Å²) >= 11 is 6.27. The van der Waals surface area contributed by atoms with Gasteiger partial charge in [0, 0.05) is 36.5 Å². The van der Waals surface area contributed by atoms with Gasteiger partial charge in [0.1, 0.15) is 5.78 Å². The first-order chi connectivity index (χ1) is 9.74. The number of rotatable bonds is 1. The van der Waals surface area contributed by atoms with Crippen molar-refractivity contribution >= 4 is 34.0 Å². The number of fused-ring (bicyclic) bond motifs is 3. The Morgan fingerprint density at radius 3 is 2.65 bits per heavy atom. The number of carbonyl (C=O) groups excluding carboxylic acids is 1. The van der Waals surface area contributed by atoms with Gasteiger partial charge in [0.05, 0.1) is 16.2 Å². The summed E-state index contributed by atoms with van der Waals surface area (Å²) in [5.41, 5.74) is 2.08. The van der Waals surface area contributed by atoms with Gasteiger partial charge in [-0.25, -0.2) is 0 Å². The van der Waals surface area contributed by atoms with Crippen molar-refractivity contribution in [2.45, 2.75) is 37.8 Å². The molecular weight excluding hydrogens is 272 g/mol. The van der Waals surface area contributed by atoms with Gasteiger partial charge in [0.2, 0.25) is 0 Å². The lowest BCUT2D eigenvalue weighted by Gasteiger charge is -2.36. The van der Waals surface area contributed by atoms with Crippen LogP contribution in [0.25, 0.3) is 10.9 Å². The number of benzene rings is 1. The summed E-state index contributed by atoms with van der Waals surface area (Å²) in [4.78, 5) is 18.7. The Labute approximate surface area is 122 Å². The minimum Gasteiger partial charge on any atom is -0.363 e. The van der Waals surface area contributed by atoms with Crippen LogP contribution >= 0.6 is 11.6 Å². The van der Waals surface area contributed by atoms with Crippen LogP contribution in [0.15, 0.2) is 30.5 Å². The van der Waals surface area contributed by atoms with E-state index >= 15 is 0 Å². The lowest BCUT2D eigenvalue weighted by molar-refractivity contribution is -0.120. The highest BCUT2D eigenvalue weighted by molar-refractivity contribution is 6.35. The van der Waals surface area contributed by atoms with Crippen LogP contribution in [0.3, 0.4) is 0 Å². The van der Waals surface area contributed by atoms with Gasteiger partial charge < -0.3 is 4.90 Å². The SMILES string of the molecule is O=C1CC2CCC(C1)N2c1ccc(Cl)c2cccnc12. The summed E-state index contributed by atoms with van der Waals surface area (Å²) in [7, 11) is 0. The van der Waals surface area contributed by atoms with E-state index in [0.29, 0.717) is 30.7 Å². The van der Waals surface area contributed by atoms with E-state index < -0.39 is 0 Å². The molecule has 2 bridgehead atoms. The second-order valence-electron chi connectivity index (χ2n) is 5.71. The van der Waals surface area contributed by atoms with Gasteiger partial charge in [0.25, 0.3) is 0 Å². The number of hydrogen-bond donors (Lipinski definition) is 0. The number of nitrogens with zero attached hydrogens (tertiary/aromatic N) is 2. The third-order valence-electron chi connectivity index (χ3n) is 4.52. The number of carbonyl (C=O) groups is 1. The highest BCUT2D eigenvalue weighted by atomic mass is 35.5. The largest absolute Gasteiger partial charge is 0.363 e. The van der Waals surface area contributed by atoms with Gasteiger partial charge in [-0.3, -0.25) is 9.78 Å². The van der Waals surface area contributed by atoms with Crippen molar-refractivity contribution in [3.63, 3.8) is 0 Å². The number of hydrogen-bond acceptors (Lipinski definition) is 3. The van der Waals surface area contributed by atoms with E-state index in [1.54, 1.807) is 6.20 Å². The van der Waals surface area contributed by atoms with Crippen molar-refractivity contribution < 1.29 is 4.79 Å². The first-order valence-electron chi connectivity index (χ1n) is 7.07. The van der Waals surface area contributed by atoms with Crippen molar-refractivity contribution in [2.75, 3.05) is 4.90 Å². The molecule has 102 valence electrons. The van der Waals surface area contributed by atoms with Crippen LogP contribution in [0.5, 0.6) is 0 Å². The zero-order valence-corrected chi connectivity index (χ0v) is 11.8. The molecule has 2 aliphatic heterocycles. The van der Waals surface area contributed by atoms with Crippen molar-refractivity contribution in [1.29, 1.82) is 0 Å². The lowest BCUT2D eigenvalue weighted by atomic mass is 10.00. The van der Waals surface area contributed by atoms with E-state index in [9.17, 15) is 4.79 Å². The maximum Gasteiger partial charge on any atom is 0.137 e. The quantitative estimate of drug-likeness (QED) is 0.803. The Kier molecular flexibility index (Phi) is 2.71. The molecular formula is C16H15ClN2O. The topological polar surface area (TPSA) is 33.2 Å². The fraction of sp³-hybridized carbons (Fsp3) is 0.375. The molecule has 0 radical (unpaired) electrons. The number of aromatic nitrogens is 1. The summed E-state index contributed by atoms with van der Waals surface area (Å²) in [5.74, 6) is 0.403. The summed E-state index contributed by atoms with van der Waals surface area (Å²) in [6, 6.07) is 8.59. The molecule has 2 saturated heterocycles. The predicted molar refractivity (Wildman–Crippen MR) is 80.3 cm³/mol. The van der Waals surface area contributed by atoms with Crippen LogP contribution in [0.2, 0.25) is 5.02 Å². The molecule has 2 fully saturated rings. The first kappa shape index (κ1) is 12.2. The summed E-state index contributed by atoms with van der Waals surface area (Å²) in [6.45, 7) is 0. The first-order valence-corrected chi connectivity index (χ1v) is 7.45. The second-order valence-corrected chi connectivity index (χ2v) is 6.11. The Hall–Kier alpha value is -1.61. The number of pyridine rings is 1. The van der Waals surface area contributed by atoms with Crippen molar-refractivity contribution in [2.24, 2.45) is 0 Å². The number of anilines is 1. The van der Waals surface area contributed by atoms with Gasteiger partial charge in [-0.2, -0.15) is 0 Å². The molecule has 2 atom stereocenters. The molecule has 1 aromatic carbocycles. The van der Waals surface area contributed by atoms with Crippen LogP contribution in [-0.4, -0.2) is 22.9 Å². The lowest BCUT2D eigenvalue weighted by Crippen LogP contribution is -2.43. The average molecular weight is 287 g/mol. The molecule has 3 nitrogen and oxygen atoms in total. The molecule has 1 aromatic heterocycles. The molecule has 4 rings (SSSR count). The van der Waals surface area contributed by atoms with E-state index in [0.717, 1.165) is 34.5 Å². The van der Waals surface area contributed by atoms with E-state index in [-0.39, 0.29) is 0 Å². The van der Waals surface area contributed by atoms with Gasteiger partial charge in [-0.1, -0.05) is 11.6 Å². The monoisotopic (exact) mass is 286 g/mol. The van der Waals surface area contributed by atoms with Crippen molar-refractivity contribution in [3.8, 4) is 0 Å². The summed E-state index contributed by atoms with van der Waals surface area (Å²) < 4.78 is 0. The Bertz CT molecular complexity index is 684. The minimum absolute atomic E-state index is 0.340. The van der Waals surface area contributed by atoms with E-state index in [1.807, 2.05) is 18.2 Å². The van der Waals surface area contributed by atoms with E-state index in [2.05, 4.69) is 16.0 Å². The molecule has 0 aliphatic carbocycles. The van der Waals surface area contributed by atoms with Crippen molar-refractivity contribution in [1.82, 2.24) is 4.98 Å². The molecule has 4 heteroatoms. The fourth-order valence-corrected chi connectivity index (χ4v) is 3.91. The third-order valence-corrected chi connectivity index (χ3v) is 4.85. The smallest absolute Gasteiger partial charge is 0.137 e. The van der Waals surface area contributed by atoms with Gasteiger partial charge in [0.15, 0.2) is 0 Å². The molecule has 0 saturated carbocycles. The molecule has 20 heavy (non-hydrogen) atoms. The van der Waals surface area contributed by atoms with Gasteiger partial charge in [-0.05, 0) is 37.1 Å². The normalized spacial score (nSPS) is 25.4. The van der Waals surface area contributed by atoms with E-state index in [4.69, 9.17) is 11.6 Å². The summed E-state index contributed by atoms with van der Waals surface area (Å²) in [5, 5.41) is 1.72. The zero-order chi connectivity index (χ0) is 13.7. The van der Waals surface area contributed by atoms with Crippen LogP contribution in [0.1, 0.15) is 25.7 Å². The van der Waals surface area contributed by atoms with Gasteiger partial charge >= 0.3 is 0 Å². The van der Waals surface area contributed by atoms with Gasteiger partial charge in [-0.15, -0.1) is 0 Å². The Balaban J connectivity index is 1.87. The highest BCUT2D eigenvalue weighted by Gasteiger charge is 2.40. The van der Waals surface area contributed by atoms with Crippen LogP contribution in [0, 0.1) is 0 Å². The second kappa shape index (κ2) is 4.45. The summed E-state index contributed by atoms with van der Waals surface area (Å²) in [6.07, 6.45) is 5.36. The Morgan fingerprint density at radius 2 is 1.90 bits per heavy atom. The number of ketones is 1. The van der Waals surface area contributed by atoms with Crippen LogP contribution in [0.4, 0.5) is 5.69 Å². The molecule has 3 heterocycles.